The molecule has 1 aliphatic carbocycles. The number of aliphatic hydroxyl groups excluding tert-OH is 2. The summed E-state index contributed by atoms with van der Waals surface area (Å²) in [6.07, 6.45) is 14.0. The zero-order valence-corrected chi connectivity index (χ0v) is 61.8. The first-order valence-corrected chi connectivity index (χ1v) is 36.9. The average Bonchev–Trinajstić information content (AvgIpc) is 0.836. The van der Waals surface area contributed by atoms with E-state index in [9.17, 15) is 48.9 Å². The molecule has 2 aromatic rings. The molecule has 28 nitrogen and oxygen atoms in total. The van der Waals surface area contributed by atoms with Crippen molar-refractivity contribution in [2.45, 2.75) is 199 Å². The number of alkyl carbamates (subject to hydrolysis) is 1. The summed E-state index contributed by atoms with van der Waals surface area (Å²) >= 11 is 0. The maximum atomic E-state index is 14.7. The number of carbonyl (C=O) groups excluding carboxylic acids is 7. The molecule has 0 aromatic carbocycles. The van der Waals surface area contributed by atoms with Gasteiger partial charge >= 0.3 is 12.1 Å². The molecule has 5 aliphatic heterocycles. The molecule has 1 saturated carbocycles. The monoisotopic (exact) mass is 1440 g/mol. The third-order valence-corrected chi connectivity index (χ3v) is 21.1. The van der Waals surface area contributed by atoms with E-state index in [2.05, 4.69) is 35.1 Å². The molecule has 2 bridgehead atoms. The number of fused-ring (bicyclic) bond motifs is 3. The second-order valence-electron chi connectivity index (χ2n) is 28.9. The fourth-order valence-corrected chi connectivity index (χ4v) is 14.5. The Morgan fingerprint density at radius 1 is 0.728 bits per heavy atom. The van der Waals surface area contributed by atoms with Crippen LogP contribution in [0.3, 0.4) is 0 Å². The molecule has 2 aromatic heterocycles. The standard InChI is InChI=1S/C75H113N11O17/c1-48-15-11-10-12-16-50(3)62(97-8)41-57-20-18-54(7)75(96,103-57)69(92)70(93)86-23-14-13-17-59(86)71(94)101-63(42-60(87)51(4)38-53(6)67(90)68(91)66(89)52(5)37-48)58(76)39-55-19-21-61(64(40-55)98-9)102-74(95)81-47-56-45-79-73(80-46-56)85-30-28-83(29-31-85)65(88)22-33-99-35-36-100-34-32-82-24-26-84(27-25-82)72-77-43-49(2)44-78-72/h10-12,15-16,38,43-46,48,51-52,54-55,57-59,61-64,67-68,90-91,96H,13-14,17-37,39-42,47,76H2,1-9H3,(H,81,95)/b12-10+,15-11+,50-16+,53-38+/t48-,51-,52-,54-,55+,57+,58-,59+,61-,62+,63+,64-,67-,68+,75-/m1/s1. The number of nitrogens with two attached hydrogens (primary N) is 1. The van der Waals surface area contributed by atoms with Crippen LogP contribution in [0.1, 0.15) is 136 Å². The number of rotatable bonds is 19. The van der Waals surface area contributed by atoms with Crippen molar-refractivity contribution in [2.75, 3.05) is 116 Å². The summed E-state index contributed by atoms with van der Waals surface area (Å²) in [6.45, 7) is 20.6. The summed E-state index contributed by atoms with van der Waals surface area (Å²) in [5.41, 5.74) is 9.72. The van der Waals surface area contributed by atoms with Gasteiger partial charge in [-0.15, -0.1) is 0 Å². The Kier molecular flexibility index (Phi) is 31.7. The van der Waals surface area contributed by atoms with Crippen LogP contribution in [0, 0.1) is 36.5 Å². The van der Waals surface area contributed by atoms with Gasteiger partial charge in [0, 0.05) is 153 Å². The maximum absolute atomic E-state index is 14.7. The van der Waals surface area contributed by atoms with Gasteiger partial charge in [-0.25, -0.2) is 29.5 Å². The van der Waals surface area contributed by atoms with Gasteiger partial charge in [0.05, 0.1) is 51.2 Å². The number of methoxy groups -OCH3 is 2. The number of piperidine rings is 1. The normalized spacial score (nSPS) is 31.7. The topological polar surface area (TPSA) is 351 Å². The van der Waals surface area contributed by atoms with Crippen LogP contribution in [-0.4, -0.2) is 258 Å². The molecule has 103 heavy (non-hydrogen) atoms. The third kappa shape index (κ3) is 23.5. The summed E-state index contributed by atoms with van der Waals surface area (Å²) < 4.78 is 41.7. The molecule has 6 aliphatic rings. The molecule has 3 amide bonds. The second kappa shape index (κ2) is 39.9. The predicted molar refractivity (Wildman–Crippen MR) is 383 cm³/mol. The van der Waals surface area contributed by atoms with Crippen LogP contribution in [0.15, 0.2) is 72.4 Å². The number of anilines is 2. The Morgan fingerprint density at radius 3 is 2.08 bits per heavy atom. The van der Waals surface area contributed by atoms with Crippen LogP contribution in [0.5, 0.6) is 0 Å². The molecule has 0 spiro atoms. The number of piperazine rings is 2. The van der Waals surface area contributed by atoms with Crippen LogP contribution >= 0.6 is 0 Å². The Morgan fingerprint density at radius 2 is 1.40 bits per heavy atom. The number of aliphatic hydroxyl groups is 3. The first-order valence-electron chi connectivity index (χ1n) is 36.9. The minimum absolute atomic E-state index is 0.0000283. The lowest BCUT2D eigenvalue weighted by Gasteiger charge is -2.42. The highest BCUT2D eigenvalue weighted by molar-refractivity contribution is 6.39. The fourth-order valence-electron chi connectivity index (χ4n) is 14.5. The second-order valence-corrected chi connectivity index (χ2v) is 28.9. The van der Waals surface area contributed by atoms with Crippen molar-refractivity contribution in [3.05, 3.63) is 83.5 Å². The number of hydrogen-bond acceptors (Lipinski definition) is 25. The Labute approximate surface area is 606 Å². The van der Waals surface area contributed by atoms with Gasteiger partial charge in [0.2, 0.25) is 23.6 Å². The predicted octanol–water partition coefficient (Wildman–Crippen LogP) is 4.93. The highest BCUT2D eigenvalue weighted by Gasteiger charge is 2.53. The molecule has 6 N–H and O–H groups in total. The number of esters is 1. The van der Waals surface area contributed by atoms with Crippen molar-refractivity contribution < 1.29 is 82.0 Å². The fraction of sp³-hybridized carbons (Fsp3) is 0.693. The summed E-state index contributed by atoms with van der Waals surface area (Å²) in [6, 6.07) is -2.25. The van der Waals surface area contributed by atoms with Gasteiger partial charge in [-0.2, -0.15) is 0 Å². The van der Waals surface area contributed by atoms with Crippen molar-refractivity contribution in [3.63, 3.8) is 0 Å². The lowest BCUT2D eigenvalue weighted by Crippen LogP contribution is -2.61. The smallest absolute Gasteiger partial charge is 0.407 e. The number of amides is 3. The average molecular weight is 1440 g/mol. The van der Waals surface area contributed by atoms with E-state index in [-0.39, 0.29) is 62.1 Å². The molecular weight excluding hydrogens is 1330 g/mol. The van der Waals surface area contributed by atoms with Crippen LogP contribution in [-0.2, 0) is 68.5 Å². The number of cyclic esters (lactones) is 1. The Bertz CT molecular complexity index is 3230. The Hall–Kier alpha value is -6.99. The molecule has 5 fully saturated rings. The first kappa shape index (κ1) is 81.7. The molecule has 570 valence electrons. The number of carbonyl (C=O) groups is 7. The van der Waals surface area contributed by atoms with Gasteiger partial charge in [0.15, 0.2) is 5.78 Å². The van der Waals surface area contributed by atoms with E-state index in [4.69, 9.17) is 38.9 Å². The van der Waals surface area contributed by atoms with Gasteiger partial charge < -0.3 is 79.1 Å². The molecule has 7 heterocycles. The van der Waals surface area contributed by atoms with Crippen LogP contribution in [0.2, 0.25) is 0 Å². The van der Waals surface area contributed by atoms with Crippen LogP contribution in [0.25, 0.3) is 0 Å². The van der Waals surface area contributed by atoms with E-state index < -0.39 is 120 Å². The van der Waals surface area contributed by atoms with E-state index >= 15 is 0 Å². The highest BCUT2D eigenvalue weighted by Crippen LogP contribution is 2.38. The molecular formula is C75H113N11O17. The largest absolute Gasteiger partial charge is 0.459 e. The highest BCUT2D eigenvalue weighted by atomic mass is 16.6. The summed E-state index contributed by atoms with van der Waals surface area (Å²) in [5, 5.41) is 37.4. The van der Waals surface area contributed by atoms with Gasteiger partial charge in [-0.05, 0) is 114 Å². The maximum Gasteiger partial charge on any atom is 0.407 e. The van der Waals surface area contributed by atoms with E-state index in [1.54, 1.807) is 40.3 Å². The van der Waals surface area contributed by atoms with Crippen LogP contribution < -0.4 is 20.9 Å². The minimum Gasteiger partial charge on any atom is -0.459 e. The summed E-state index contributed by atoms with van der Waals surface area (Å²) in [4.78, 5) is 125. The zero-order valence-electron chi connectivity index (χ0n) is 61.8. The number of ether oxygens (including phenoxy) is 7. The number of aromatic nitrogens is 4. The number of nitrogens with one attached hydrogen (secondary N) is 1. The van der Waals surface area contributed by atoms with Crippen LogP contribution in [0.4, 0.5) is 16.7 Å². The molecule has 28 heteroatoms. The van der Waals surface area contributed by atoms with Crippen molar-refractivity contribution in [1.29, 1.82) is 0 Å². The SMILES string of the molecule is CO[C@H]1C[C@@H]2CC[C@@H](C)[C@@](O)(O2)C(=O)C(=O)N2CCCC[C@H]2C(=O)O[C@H]([C@H](N)C[C@@H]2CC[C@@H](OC(=O)NCc3cnc(N4CCN(C(=O)CCOCCOCCN5CCN(c6ncc(C)cn6)CC5)CC4)nc3)[C@H](OC)C2)CC(=O)[C@H](C)/C=C(\C)[C@@H](O)[C@@H](O)C(=O)[C@H](C)C[C@H](C)/C=C/C=C/C=C/1C. The number of nitrogens with zero attached hydrogens (tertiary/aromatic N) is 9. The van der Waals surface area contributed by atoms with Crippen molar-refractivity contribution in [2.24, 2.45) is 35.3 Å². The number of aryl methyl sites for hydroxylation is 1. The quantitative estimate of drug-likeness (QED) is 0.0538. The van der Waals surface area contributed by atoms with Crippen molar-refractivity contribution in [1.82, 2.24) is 40.0 Å². The summed E-state index contributed by atoms with van der Waals surface area (Å²) in [7, 11) is 3.07. The number of Topliss-reactive ketones (excluding diaryl/α,β-unsaturated/α-hetero) is 3. The molecule has 15 atom stereocenters. The molecule has 4 saturated heterocycles. The molecule has 8 rings (SSSR count). The molecule has 0 radical (unpaired) electrons. The lowest BCUT2D eigenvalue weighted by molar-refractivity contribution is -0.265. The number of allylic oxidation sites excluding steroid dienone is 6. The van der Waals surface area contributed by atoms with E-state index in [0.717, 1.165) is 54.7 Å². The molecule has 0 unspecified atom stereocenters. The van der Waals surface area contributed by atoms with Crippen molar-refractivity contribution >= 4 is 53.1 Å². The lowest BCUT2D eigenvalue weighted by atomic mass is 9.80. The Balaban J connectivity index is 0.817. The van der Waals surface area contributed by atoms with E-state index in [0.29, 0.717) is 115 Å². The van der Waals surface area contributed by atoms with Gasteiger partial charge in [0.1, 0.15) is 36.2 Å². The summed E-state index contributed by atoms with van der Waals surface area (Å²) in [5.74, 6) is -7.99. The third-order valence-electron chi connectivity index (χ3n) is 21.1. The van der Waals surface area contributed by atoms with Gasteiger partial charge in [-0.3, -0.25) is 28.9 Å². The first-order chi connectivity index (χ1) is 49.3. The van der Waals surface area contributed by atoms with Gasteiger partial charge in [0.25, 0.3) is 11.7 Å². The number of ketones is 3. The van der Waals surface area contributed by atoms with Gasteiger partial charge in [-0.1, -0.05) is 64.2 Å². The van der Waals surface area contributed by atoms with Crippen molar-refractivity contribution in [3.8, 4) is 0 Å². The number of hydrogen-bond donors (Lipinski definition) is 5. The van der Waals surface area contributed by atoms with E-state index in [1.807, 2.05) is 73.3 Å². The minimum atomic E-state index is -2.51. The van der Waals surface area contributed by atoms with E-state index in [1.165, 1.54) is 20.1 Å². The zero-order chi connectivity index (χ0) is 74.3.